The van der Waals surface area contributed by atoms with Gasteiger partial charge in [0, 0.05) is 23.8 Å². The maximum atomic E-state index is 5.27. The molecule has 0 aliphatic carbocycles. The lowest BCUT2D eigenvalue weighted by Gasteiger charge is -2.14. The van der Waals surface area contributed by atoms with E-state index in [1.807, 2.05) is 12.1 Å². The molecule has 0 radical (unpaired) electrons. The van der Waals surface area contributed by atoms with E-state index in [2.05, 4.69) is 59.7 Å². The Morgan fingerprint density at radius 2 is 1.95 bits per heavy atom. The molecule has 3 nitrogen and oxygen atoms in total. The number of aromatic nitrogens is 1. The fraction of sp³-hybridized carbons (Fsp3) is 0.222. The lowest BCUT2D eigenvalue weighted by atomic mass is 10.1. The van der Waals surface area contributed by atoms with E-state index in [1.165, 1.54) is 22.2 Å². The van der Waals surface area contributed by atoms with E-state index in [0.29, 0.717) is 0 Å². The second-order valence-electron chi connectivity index (χ2n) is 5.26. The molecule has 1 heterocycles. The van der Waals surface area contributed by atoms with Crippen LogP contribution in [0.1, 0.15) is 24.2 Å². The van der Waals surface area contributed by atoms with Gasteiger partial charge in [-0.1, -0.05) is 30.3 Å². The number of hydrogen-bond acceptors (Lipinski definition) is 2. The predicted octanol–water partition coefficient (Wildman–Crippen LogP) is 4.03. The normalized spacial score (nSPS) is 12.5. The number of ether oxygens (including phenoxy) is 1. The molecule has 3 aromatic rings. The second kappa shape index (κ2) is 6.02. The van der Waals surface area contributed by atoms with E-state index in [-0.39, 0.29) is 6.04 Å². The maximum absolute atomic E-state index is 5.27. The molecule has 1 atom stereocenters. The van der Waals surface area contributed by atoms with Crippen molar-refractivity contribution in [2.24, 2.45) is 0 Å². The molecule has 0 bridgehead atoms. The second-order valence-corrected chi connectivity index (χ2v) is 5.26. The third-order valence-electron chi connectivity index (χ3n) is 3.78. The summed E-state index contributed by atoms with van der Waals surface area (Å²) < 4.78 is 5.27. The van der Waals surface area contributed by atoms with Crippen molar-refractivity contribution in [2.45, 2.75) is 19.5 Å². The molecule has 0 spiro atoms. The Morgan fingerprint density at radius 1 is 1.10 bits per heavy atom. The molecule has 0 aliphatic heterocycles. The van der Waals surface area contributed by atoms with Crippen LogP contribution in [0, 0.1) is 0 Å². The van der Waals surface area contributed by atoms with Crippen LogP contribution in [0.2, 0.25) is 0 Å². The summed E-state index contributed by atoms with van der Waals surface area (Å²) in [5.41, 5.74) is 3.61. The van der Waals surface area contributed by atoms with Crippen molar-refractivity contribution in [3.8, 4) is 5.75 Å². The standard InChI is InChI=1S/C18H20N2O/c1-13(14-7-5-8-17(11-14)21-2)19-12-16-10-15-6-3-4-9-18(15)20-16/h3-11,13,19-20H,12H2,1-2H3. The number of benzene rings is 2. The van der Waals surface area contributed by atoms with Crippen LogP contribution in [0.15, 0.2) is 54.6 Å². The maximum Gasteiger partial charge on any atom is 0.119 e. The quantitative estimate of drug-likeness (QED) is 0.740. The third kappa shape index (κ3) is 3.09. The molecule has 1 aromatic heterocycles. The zero-order chi connectivity index (χ0) is 14.7. The molecular formula is C18H20N2O. The monoisotopic (exact) mass is 280 g/mol. The molecular weight excluding hydrogens is 260 g/mol. The van der Waals surface area contributed by atoms with E-state index < -0.39 is 0 Å². The van der Waals surface area contributed by atoms with E-state index >= 15 is 0 Å². The van der Waals surface area contributed by atoms with Crippen LogP contribution in [0.5, 0.6) is 5.75 Å². The highest BCUT2D eigenvalue weighted by atomic mass is 16.5. The van der Waals surface area contributed by atoms with Gasteiger partial charge in [-0.3, -0.25) is 0 Å². The Balaban J connectivity index is 1.68. The van der Waals surface area contributed by atoms with Gasteiger partial charge in [-0.05, 0) is 42.1 Å². The van der Waals surface area contributed by atoms with Gasteiger partial charge < -0.3 is 15.0 Å². The number of para-hydroxylation sites is 1. The smallest absolute Gasteiger partial charge is 0.119 e. The highest BCUT2D eigenvalue weighted by molar-refractivity contribution is 5.80. The van der Waals surface area contributed by atoms with E-state index in [1.54, 1.807) is 7.11 Å². The van der Waals surface area contributed by atoms with E-state index in [9.17, 15) is 0 Å². The molecule has 21 heavy (non-hydrogen) atoms. The molecule has 3 heteroatoms. The lowest BCUT2D eigenvalue weighted by Crippen LogP contribution is -2.18. The van der Waals surface area contributed by atoms with Crippen molar-refractivity contribution in [1.82, 2.24) is 10.3 Å². The van der Waals surface area contributed by atoms with Gasteiger partial charge in [0.2, 0.25) is 0 Å². The highest BCUT2D eigenvalue weighted by Crippen LogP contribution is 2.20. The Hall–Kier alpha value is -2.26. The van der Waals surface area contributed by atoms with Crippen LogP contribution >= 0.6 is 0 Å². The Morgan fingerprint density at radius 3 is 2.76 bits per heavy atom. The molecule has 0 saturated carbocycles. The Labute approximate surface area is 125 Å². The first kappa shape index (κ1) is 13.7. The summed E-state index contributed by atoms with van der Waals surface area (Å²) in [5.74, 6) is 0.895. The fourth-order valence-corrected chi connectivity index (χ4v) is 2.52. The first-order valence-electron chi connectivity index (χ1n) is 7.20. The molecule has 0 aliphatic rings. The summed E-state index contributed by atoms with van der Waals surface area (Å²) in [6.45, 7) is 2.98. The number of H-pyrrole nitrogens is 1. The van der Waals surface area contributed by atoms with Gasteiger partial charge in [-0.15, -0.1) is 0 Å². The predicted molar refractivity (Wildman–Crippen MR) is 86.5 cm³/mol. The van der Waals surface area contributed by atoms with Crippen molar-refractivity contribution < 1.29 is 4.74 Å². The molecule has 3 rings (SSSR count). The molecule has 108 valence electrons. The van der Waals surface area contributed by atoms with Gasteiger partial charge in [0.1, 0.15) is 5.75 Å². The van der Waals surface area contributed by atoms with Gasteiger partial charge in [0.25, 0.3) is 0 Å². The van der Waals surface area contributed by atoms with E-state index in [4.69, 9.17) is 4.74 Å². The fourth-order valence-electron chi connectivity index (χ4n) is 2.52. The van der Waals surface area contributed by atoms with Crippen LogP contribution in [0.4, 0.5) is 0 Å². The third-order valence-corrected chi connectivity index (χ3v) is 3.78. The van der Waals surface area contributed by atoms with Crippen LogP contribution < -0.4 is 10.1 Å². The average Bonchev–Trinajstić information content (AvgIpc) is 2.95. The van der Waals surface area contributed by atoms with Crippen LogP contribution in [-0.2, 0) is 6.54 Å². The Kier molecular flexibility index (Phi) is 3.93. The number of aromatic amines is 1. The van der Waals surface area contributed by atoms with E-state index in [0.717, 1.165) is 12.3 Å². The number of fused-ring (bicyclic) bond motifs is 1. The average molecular weight is 280 g/mol. The van der Waals surface area contributed by atoms with Crippen LogP contribution in [-0.4, -0.2) is 12.1 Å². The topological polar surface area (TPSA) is 37.0 Å². The minimum Gasteiger partial charge on any atom is -0.497 e. The van der Waals surface area contributed by atoms with Crippen molar-refractivity contribution in [3.63, 3.8) is 0 Å². The van der Waals surface area contributed by atoms with Gasteiger partial charge in [-0.25, -0.2) is 0 Å². The Bertz CT molecular complexity index is 700. The summed E-state index contributed by atoms with van der Waals surface area (Å²) in [6.07, 6.45) is 0. The number of methoxy groups -OCH3 is 1. The molecule has 0 amide bonds. The first-order valence-corrected chi connectivity index (χ1v) is 7.20. The summed E-state index contributed by atoms with van der Waals surface area (Å²) >= 11 is 0. The van der Waals surface area contributed by atoms with Gasteiger partial charge >= 0.3 is 0 Å². The minimum absolute atomic E-state index is 0.270. The molecule has 2 aromatic carbocycles. The zero-order valence-electron chi connectivity index (χ0n) is 12.4. The number of hydrogen-bond donors (Lipinski definition) is 2. The largest absolute Gasteiger partial charge is 0.497 e. The van der Waals surface area contributed by atoms with Gasteiger partial charge in [0.15, 0.2) is 0 Å². The molecule has 2 N–H and O–H groups in total. The van der Waals surface area contributed by atoms with Crippen molar-refractivity contribution in [2.75, 3.05) is 7.11 Å². The summed E-state index contributed by atoms with van der Waals surface area (Å²) in [5, 5.41) is 4.79. The summed E-state index contributed by atoms with van der Waals surface area (Å²) in [7, 11) is 1.70. The summed E-state index contributed by atoms with van der Waals surface area (Å²) in [6, 6.07) is 19.0. The molecule has 0 fully saturated rings. The summed E-state index contributed by atoms with van der Waals surface area (Å²) in [4.78, 5) is 3.44. The SMILES string of the molecule is COc1cccc(C(C)NCc2cc3ccccc3[nH]2)c1. The lowest BCUT2D eigenvalue weighted by molar-refractivity contribution is 0.413. The van der Waals surface area contributed by atoms with Crippen molar-refractivity contribution >= 4 is 10.9 Å². The highest BCUT2D eigenvalue weighted by Gasteiger charge is 2.07. The van der Waals surface area contributed by atoms with Crippen LogP contribution in [0.3, 0.4) is 0 Å². The molecule has 1 unspecified atom stereocenters. The van der Waals surface area contributed by atoms with Gasteiger partial charge in [-0.2, -0.15) is 0 Å². The van der Waals surface area contributed by atoms with Crippen molar-refractivity contribution in [1.29, 1.82) is 0 Å². The van der Waals surface area contributed by atoms with Gasteiger partial charge in [0.05, 0.1) is 7.11 Å². The molecule has 0 saturated heterocycles. The first-order chi connectivity index (χ1) is 10.3. The van der Waals surface area contributed by atoms with Crippen molar-refractivity contribution in [3.05, 3.63) is 65.9 Å². The minimum atomic E-state index is 0.270. The zero-order valence-corrected chi connectivity index (χ0v) is 12.4. The number of rotatable bonds is 5. The number of nitrogens with one attached hydrogen (secondary N) is 2. The van der Waals surface area contributed by atoms with Crippen LogP contribution in [0.25, 0.3) is 10.9 Å².